The summed E-state index contributed by atoms with van der Waals surface area (Å²) in [5.41, 5.74) is 1.47. The first kappa shape index (κ1) is 17.8. The molecule has 1 N–H and O–H groups in total. The summed E-state index contributed by atoms with van der Waals surface area (Å²) < 4.78 is 11.6. The molecule has 2 aromatic rings. The molecule has 2 aromatic carbocycles. The summed E-state index contributed by atoms with van der Waals surface area (Å²) in [5.74, 6) is 0.600. The highest BCUT2D eigenvalue weighted by Gasteiger charge is 2.12. The minimum Gasteiger partial charge on any atom is -0.493 e. The number of nitriles is 1. The number of nitrogens with one attached hydrogen (secondary N) is 1. The van der Waals surface area contributed by atoms with Gasteiger partial charge in [-0.25, -0.2) is 0 Å². The lowest BCUT2D eigenvalue weighted by Crippen LogP contribution is -2.31. The van der Waals surface area contributed by atoms with E-state index in [0.29, 0.717) is 17.1 Å². The molecule has 5 nitrogen and oxygen atoms in total. The summed E-state index contributed by atoms with van der Waals surface area (Å²) in [4.78, 5) is 12.1. The molecule has 0 heterocycles. The van der Waals surface area contributed by atoms with Gasteiger partial charge in [0, 0.05) is 10.5 Å². The number of benzene rings is 2. The number of amides is 1. The van der Waals surface area contributed by atoms with Gasteiger partial charge in [-0.1, -0.05) is 28.1 Å². The van der Waals surface area contributed by atoms with E-state index in [9.17, 15) is 4.79 Å². The molecule has 0 unspecified atom stereocenters. The van der Waals surface area contributed by atoms with E-state index in [1.54, 1.807) is 18.2 Å². The van der Waals surface area contributed by atoms with Crippen molar-refractivity contribution in [3.63, 3.8) is 0 Å². The van der Waals surface area contributed by atoms with E-state index >= 15 is 0 Å². The molecule has 1 atom stereocenters. The number of halogens is 1. The fraction of sp³-hybridized carbons (Fsp3) is 0.222. The molecule has 24 heavy (non-hydrogen) atoms. The number of hydrogen-bond acceptors (Lipinski definition) is 4. The average molecular weight is 389 g/mol. The standard InChI is InChI=1S/C18H17BrN2O3/c1-12(14-4-6-15(19)7-5-14)21-18(22)11-24-16-8-3-13(10-20)9-17(16)23-2/h3-9,12H,11H2,1-2H3,(H,21,22)/t12-/m0/s1. The number of rotatable bonds is 6. The monoisotopic (exact) mass is 388 g/mol. The van der Waals surface area contributed by atoms with Gasteiger partial charge >= 0.3 is 0 Å². The number of carbonyl (C=O) groups excluding carboxylic acids is 1. The molecule has 0 fully saturated rings. The molecule has 0 spiro atoms. The maximum Gasteiger partial charge on any atom is 0.258 e. The number of hydrogen-bond donors (Lipinski definition) is 1. The summed E-state index contributed by atoms with van der Waals surface area (Å²) in [5, 5.41) is 11.8. The third-order valence-corrected chi connectivity index (χ3v) is 3.93. The van der Waals surface area contributed by atoms with E-state index in [1.807, 2.05) is 37.3 Å². The van der Waals surface area contributed by atoms with Crippen molar-refractivity contribution < 1.29 is 14.3 Å². The van der Waals surface area contributed by atoms with Crippen molar-refractivity contribution in [3.05, 3.63) is 58.1 Å². The maximum absolute atomic E-state index is 12.1. The van der Waals surface area contributed by atoms with Gasteiger partial charge in [0.2, 0.25) is 0 Å². The quantitative estimate of drug-likeness (QED) is 0.820. The minimum atomic E-state index is -0.239. The first-order valence-corrected chi connectivity index (χ1v) is 8.08. The Bertz CT molecular complexity index is 754. The van der Waals surface area contributed by atoms with Crippen LogP contribution in [0.5, 0.6) is 11.5 Å². The van der Waals surface area contributed by atoms with Gasteiger partial charge < -0.3 is 14.8 Å². The van der Waals surface area contributed by atoms with Crippen LogP contribution in [0.3, 0.4) is 0 Å². The molecular weight excluding hydrogens is 372 g/mol. The highest BCUT2D eigenvalue weighted by Crippen LogP contribution is 2.27. The molecule has 0 saturated heterocycles. The Kier molecular flexibility index (Phi) is 6.21. The van der Waals surface area contributed by atoms with Crippen molar-refractivity contribution in [3.8, 4) is 17.6 Å². The largest absolute Gasteiger partial charge is 0.493 e. The average Bonchev–Trinajstić information content (AvgIpc) is 2.60. The summed E-state index contributed by atoms with van der Waals surface area (Å²) in [7, 11) is 1.49. The lowest BCUT2D eigenvalue weighted by atomic mass is 10.1. The molecule has 6 heteroatoms. The number of ether oxygens (including phenoxy) is 2. The lowest BCUT2D eigenvalue weighted by Gasteiger charge is -2.15. The van der Waals surface area contributed by atoms with Crippen LogP contribution < -0.4 is 14.8 Å². The Morgan fingerprint density at radius 1 is 1.25 bits per heavy atom. The molecule has 0 bridgehead atoms. The SMILES string of the molecule is COc1cc(C#N)ccc1OCC(=O)N[C@@H](C)c1ccc(Br)cc1. The van der Waals surface area contributed by atoms with Crippen molar-refractivity contribution in [1.82, 2.24) is 5.32 Å². The Hall–Kier alpha value is -2.52. The number of methoxy groups -OCH3 is 1. The van der Waals surface area contributed by atoms with Crippen LogP contribution in [-0.2, 0) is 4.79 Å². The Morgan fingerprint density at radius 2 is 1.96 bits per heavy atom. The van der Waals surface area contributed by atoms with Gasteiger partial charge in [-0.3, -0.25) is 4.79 Å². The van der Waals surface area contributed by atoms with Crippen molar-refractivity contribution >= 4 is 21.8 Å². The second kappa shape index (κ2) is 8.37. The Morgan fingerprint density at radius 3 is 2.58 bits per heavy atom. The van der Waals surface area contributed by atoms with Gasteiger partial charge in [0.25, 0.3) is 5.91 Å². The van der Waals surface area contributed by atoms with Crippen molar-refractivity contribution in [2.75, 3.05) is 13.7 Å². The van der Waals surface area contributed by atoms with Crippen LogP contribution in [0.1, 0.15) is 24.1 Å². The van der Waals surface area contributed by atoms with Gasteiger partial charge in [0.15, 0.2) is 18.1 Å². The molecule has 0 radical (unpaired) electrons. The van der Waals surface area contributed by atoms with Crippen LogP contribution >= 0.6 is 15.9 Å². The second-order valence-electron chi connectivity index (χ2n) is 5.11. The van der Waals surface area contributed by atoms with Crippen molar-refractivity contribution in [2.24, 2.45) is 0 Å². The zero-order valence-electron chi connectivity index (χ0n) is 13.4. The van der Waals surface area contributed by atoms with Crippen molar-refractivity contribution in [2.45, 2.75) is 13.0 Å². The zero-order valence-corrected chi connectivity index (χ0v) is 15.0. The predicted molar refractivity (Wildman–Crippen MR) is 93.9 cm³/mol. The van der Waals surface area contributed by atoms with Crippen LogP contribution in [0.15, 0.2) is 46.9 Å². The van der Waals surface area contributed by atoms with Gasteiger partial charge in [-0.15, -0.1) is 0 Å². The molecule has 2 rings (SSSR count). The smallest absolute Gasteiger partial charge is 0.258 e. The summed E-state index contributed by atoms with van der Waals surface area (Å²) in [6, 6.07) is 14.4. The van der Waals surface area contributed by atoms with E-state index in [1.165, 1.54) is 7.11 Å². The normalized spacial score (nSPS) is 11.2. The van der Waals surface area contributed by atoms with E-state index < -0.39 is 0 Å². The van der Waals surface area contributed by atoms with Crippen LogP contribution in [0, 0.1) is 11.3 Å². The van der Waals surface area contributed by atoms with Gasteiger partial charge in [0.1, 0.15) is 0 Å². The summed E-state index contributed by atoms with van der Waals surface area (Å²) in [6.07, 6.45) is 0. The first-order valence-electron chi connectivity index (χ1n) is 7.29. The first-order chi connectivity index (χ1) is 11.5. The number of nitrogens with zero attached hydrogens (tertiary/aromatic N) is 1. The van der Waals surface area contributed by atoms with Gasteiger partial charge in [-0.05, 0) is 36.8 Å². The van der Waals surface area contributed by atoms with Crippen LogP contribution in [0.4, 0.5) is 0 Å². The molecule has 0 saturated carbocycles. The van der Waals surface area contributed by atoms with Crippen LogP contribution in [-0.4, -0.2) is 19.6 Å². The molecule has 0 aliphatic heterocycles. The highest BCUT2D eigenvalue weighted by atomic mass is 79.9. The van der Waals surface area contributed by atoms with Crippen LogP contribution in [0.2, 0.25) is 0 Å². The fourth-order valence-electron chi connectivity index (χ4n) is 2.12. The van der Waals surface area contributed by atoms with E-state index in [0.717, 1.165) is 10.0 Å². The molecule has 0 aliphatic rings. The summed E-state index contributed by atoms with van der Waals surface area (Å²) in [6.45, 7) is 1.77. The van der Waals surface area contributed by atoms with E-state index in [-0.39, 0.29) is 18.6 Å². The predicted octanol–water partition coefficient (Wildman–Crippen LogP) is 3.59. The third kappa shape index (κ3) is 4.74. The zero-order chi connectivity index (χ0) is 17.5. The summed E-state index contributed by atoms with van der Waals surface area (Å²) >= 11 is 3.38. The number of carbonyl (C=O) groups is 1. The maximum atomic E-state index is 12.1. The molecule has 1 amide bonds. The Balaban J connectivity index is 1.93. The van der Waals surface area contributed by atoms with E-state index in [2.05, 4.69) is 21.2 Å². The highest BCUT2D eigenvalue weighted by molar-refractivity contribution is 9.10. The van der Waals surface area contributed by atoms with E-state index in [4.69, 9.17) is 14.7 Å². The van der Waals surface area contributed by atoms with Gasteiger partial charge in [-0.2, -0.15) is 5.26 Å². The topological polar surface area (TPSA) is 71.3 Å². The second-order valence-corrected chi connectivity index (χ2v) is 6.02. The lowest BCUT2D eigenvalue weighted by molar-refractivity contribution is -0.123. The van der Waals surface area contributed by atoms with Crippen molar-refractivity contribution in [1.29, 1.82) is 5.26 Å². The third-order valence-electron chi connectivity index (χ3n) is 3.40. The van der Waals surface area contributed by atoms with Gasteiger partial charge in [0.05, 0.1) is 24.8 Å². The molecule has 0 aliphatic carbocycles. The Labute approximate surface area is 149 Å². The minimum absolute atomic E-state index is 0.128. The molecule has 124 valence electrons. The molecular formula is C18H17BrN2O3. The van der Waals surface area contributed by atoms with Crippen LogP contribution in [0.25, 0.3) is 0 Å². The molecule has 0 aromatic heterocycles. The fourth-order valence-corrected chi connectivity index (χ4v) is 2.38.